The van der Waals surface area contributed by atoms with Gasteiger partial charge in [-0.1, -0.05) is 27.0 Å². The standard InChI is InChI=1S/C7H14N4.C2H6/c1-4-11-5(2)9-7(8)10-6(11)3;1-2/h7,9-10H,2-4,8H2,1H3;1-2H3. The van der Waals surface area contributed by atoms with E-state index in [4.69, 9.17) is 5.73 Å². The molecule has 13 heavy (non-hydrogen) atoms. The molecular formula is C9H20N4. The van der Waals surface area contributed by atoms with Gasteiger partial charge in [-0.05, 0) is 6.92 Å². The summed E-state index contributed by atoms with van der Waals surface area (Å²) in [5.41, 5.74) is 5.56. The first-order chi connectivity index (χ1) is 6.15. The molecule has 0 radical (unpaired) electrons. The fourth-order valence-electron chi connectivity index (χ4n) is 1.10. The van der Waals surface area contributed by atoms with E-state index < -0.39 is 0 Å². The van der Waals surface area contributed by atoms with Gasteiger partial charge in [-0.3, -0.25) is 5.73 Å². The van der Waals surface area contributed by atoms with Crippen LogP contribution >= 0.6 is 0 Å². The molecule has 1 saturated heterocycles. The lowest BCUT2D eigenvalue weighted by Gasteiger charge is -2.37. The lowest BCUT2D eigenvalue weighted by molar-refractivity contribution is 0.289. The second-order valence-electron chi connectivity index (χ2n) is 2.40. The quantitative estimate of drug-likeness (QED) is 0.562. The molecule has 1 fully saturated rings. The minimum atomic E-state index is -0.266. The van der Waals surface area contributed by atoms with Crippen molar-refractivity contribution in [1.82, 2.24) is 15.5 Å². The van der Waals surface area contributed by atoms with Crippen molar-refractivity contribution in [2.24, 2.45) is 5.73 Å². The third-order valence-electron chi connectivity index (χ3n) is 1.61. The zero-order valence-electron chi connectivity index (χ0n) is 8.72. The van der Waals surface area contributed by atoms with Crippen LogP contribution in [0.1, 0.15) is 20.8 Å². The van der Waals surface area contributed by atoms with Gasteiger partial charge in [-0.15, -0.1) is 0 Å². The smallest absolute Gasteiger partial charge is 0.152 e. The molecule has 1 heterocycles. The van der Waals surface area contributed by atoms with Crippen LogP contribution < -0.4 is 16.4 Å². The van der Waals surface area contributed by atoms with Crippen LogP contribution in [0.15, 0.2) is 24.8 Å². The van der Waals surface area contributed by atoms with Gasteiger partial charge in [0, 0.05) is 6.54 Å². The molecule has 76 valence electrons. The monoisotopic (exact) mass is 184 g/mol. The molecule has 4 N–H and O–H groups in total. The Morgan fingerprint density at radius 1 is 1.31 bits per heavy atom. The van der Waals surface area contributed by atoms with Crippen molar-refractivity contribution in [2.75, 3.05) is 6.54 Å². The van der Waals surface area contributed by atoms with Crippen LogP contribution in [0.25, 0.3) is 0 Å². The number of nitrogens with two attached hydrogens (primary N) is 1. The second kappa shape index (κ2) is 5.48. The van der Waals surface area contributed by atoms with E-state index in [2.05, 4.69) is 23.8 Å². The molecule has 0 spiro atoms. The predicted molar refractivity (Wildman–Crippen MR) is 56.3 cm³/mol. The van der Waals surface area contributed by atoms with Crippen LogP contribution in [-0.2, 0) is 0 Å². The first kappa shape index (κ1) is 11.8. The Bertz CT molecular complexity index is 170. The summed E-state index contributed by atoms with van der Waals surface area (Å²) in [7, 11) is 0. The number of rotatable bonds is 1. The maximum Gasteiger partial charge on any atom is 0.152 e. The Morgan fingerprint density at radius 2 is 1.69 bits per heavy atom. The van der Waals surface area contributed by atoms with Crippen molar-refractivity contribution in [3.05, 3.63) is 24.8 Å². The summed E-state index contributed by atoms with van der Waals surface area (Å²) >= 11 is 0. The van der Waals surface area contributed by atoms with E-state index >= 15 is 0 Å². The summed E-state index contributed by atoms with van der Waals surface area (Å²) in [6.07, 6.45) is -0.266. The SMILES string of the molecule is C=C1NC(N)NC(=C)N1CC.CC. The summed E-state index contributed by atoms with van der Waals surface area (Å²) in [6.45, 7) is 14.5. The van der Waals surface area contributed by atoms with Gasteiger partial charge in [0.15, 0.2) is 6.29 Å². The van der Waals surface area contributed by atoms with Crippen LogP contribution in [0, 0.1) is 0 Å². The van der Waals surface area contributed by atoms with Crippen LogP contribution in [0.3, 0.4) is 0 Å². The summed E-state index contributed by atoms with van der Waals surface area (Å²) < 4.78 is 0. The molecule has 0 atom stereocenters. The van der Waals surface area contributed by atoms with Gasteiger partial charge >= 0.3 is 0 Å². The summed E-state index contributed by atoms with van der Waals surface area (Å²) in [5.74, 6) is 1.59. The lowest BCUT2D eigenvalue weighted by Crippen LogP contribution is -2.57. The fraction of sp³-hybridized carbons (Fsp3) is 0.556. The molecule has 0 aromatic carbocycles. The normalized spacial score (nSPS) is 17.1. The zero-order valence-corrected chi connectivity index (χ0v) is 8.72. The largest absolute Gasteiger partial charge is 0.340 e. The van der Waals surface area contributed by atoms with E-state index in [0.717, 1.165) is 18.2 Å². The van der Waals surface area contributed by atoms with Crippen molar-refractivity contribution in [3.63, 3.8) is 0 Å². The highest BCUT2D eigenvalue weighted by Gasteiger charge is 2.18. The number of nitrogens with one attached hydrogen (secondary N) is 2. The Hall–Kier alpha value is -1.16. The van der Waals surface area contributed by atoms with E-state index in [1.807, 2.05) is 25.7 Å². The maximum absolute atomic E-state index is 5.56. The molecule has 4 heteroatoms. The molecule has 0 aliphatic carbocycles. The van der Waals surface area contributed by atoms with Gasteiger partial charge in [0.2, 0.25) is 0 Å². The van der Waals surface area contributed by atoms with E-state index in [-0.39, 0.29) is 6.29 Å². The Kier molecular flexibility index (Phi) is 4.99. The third kappa shape index (κ3) is 2.99. The topological polar surface area (TPSA) is 53.3 Å². The average molecular weight is 184 g/mol. The fourth-order valence-corrected chi connectivity index (χ4v) is 1.10. The summed E-state index contributed by atoms with van der Waals surface area (Å²) in [4.78, 5) is 1.92. The van der Waals surface area contributed by atoms with Gasteiger partial charge in [-0.25, -0.2) is 0 Å². The first-order valence-corrected chi connectivity index (χ1v) is 4.59. The van der Waals surface area contributed by atoms with Crippen molar-refractivity contribution in [3.8, 4) is 0 Å². The number of hydrogen-bond donors (Lipinski definition) is 3. The van der Waals surface area contributed by atoms with E-state index in [9.17, 15) is 0 Å². The van der Waals surface area contributed by atoms with E-state index in [0.29, 0.717) is 0 Å². The zero-order chi connectivity index (χ0) is 10.4. The predicted octanol–water partition coefficient (Wildman–Crippen LogP) is 0.712. The molecule has 1 aliphatic heterocycles. The van der Waals surface area contributed by atoms with Crippen molar-refractivity contribution in [2.45, 2.75) is 27.1 Å². The van der Waals surface area contributed by atoms with Crippen molar-refractivity contribution < 1.29 is 0 Å². The minimum absolute atomic E-state index is 0.266. The highest BCUT2D eigenvalue weighted by molar-refractivity contribution is 5.09. The van der Waals surface area contributed by atoms with Gasteiger partial charge < -0.3 is 15.5 Å². The third-order valence-corrected chi connectivity index (χ3v) is 1.61. The minimum Gasteiger partial charge on any atom is -0.340 e. The first-order valence-electron chi connectivity index (χ1n) is 4.59. The van der Waals surface area contributed by atoms with Crippen LogP contribution in [0.4, 0.5) is 0 Å². The van der Waals surface area contributed by atoms with E-state index in [1.165, 1.54) is 0 Å². The molecular weight excluding hydrogens is 164 g/mol. The van der Waals surface area contributed by atoms with Crippen molar-refractivity contribution >= 4 is 0 Å². The maximum atomic E-state index is 5.56. The molecule has 1 aliphatic rings. The number of nitrogens with zero attached hydrogens (tertiary/aromatic N) is 1. The molecule has 0 saturated carbocycles. The van der Waals surface area contributed by atoms with Gasteiger partial charge in [0.25, 0.3) is 0 Å². The Morgan fingerprint density at radius 3 is 2.00 bits per heavy atom. The summed E-state index contributed by atoms with van der Waals surface area (Å²) in [6, 6.07) is 0. The molecule has 1 rings (SSSR count). The van der Waals surface area contributed by atoms with Gasteiger partial charge in [0.1, 0.15) is 11.6 Å². The van der Waals surface area contributed by atoms with Gasteiger partial charge in [0.05, 0.1) is 0 Å². The number of hydrogen-bond acceptors (Lipinski definition) is 4. The lowest BCUT2D eigenvalue weighted by atomic mass is 10.4. The molecule has 0 unspecified atom stereocenters. The van der Waals surface area contributed by atoms with Crippen LogP contribution in [0.5, 0.6) is 0 Å². The average Bonchev–Trinajstić information content (AvgIpc) is 2.07. The van der Waals surface area contributed by atoms with Crippen molar-refractivity contribution in [1.29, 1.82) is 0 Å². The highest BCUT2D eigenvalue weighted by atomic mass is 15.4. The van der Waals surface area contributed by atoms with Crippen LogP contribution in [-0.4, -0.2) is 17.7 Å². The van der Waals surface area contributed by atoms with E-state index in [1.54, 1.807) is 0 Å². The second-order valence-corrected chi connectivity index (χ2v) is 2.40. The van der Waals surface area contributed by atoms with Crippen LogP contribution in [0.2, 0.25) is 0 Å². The Balaban J connectivity index is 0.000000671. The molecule has 0 aromatic heterocycles. The molecule has 0 bridgehead atoms. The summed E-state index contributed by atoms with van der Waals surface area (Å²) in [5, 5.41) is 5.90. The molecule has 4 nitrogen and oxygen atoms in total. The molecule has 0 aromatic rings. The van der Waals surface area contributed by atoms with Gasteiger partial charge in [-0.2, -0.15) is 0 Å². The Labute approximate surface area is 80.5 Å². The molecule has 0 amide bonds. The highest BCUT2D eigenvalue weighted by Crippen LogP contribution is 2.08.